The summed E-state index contributed by atoms with van der Waals surface area (Å²) in [6, 6.07) is 6.05. The first-order valence-corrected chi connectivity index (χ1v) is 7.82. The van der Waals surface area contributed by atoms with Gasteiger partial charge in [-0.05, 0) is 38.1 Å². The maximum Gasteiger partial charge on any atom is 0.269 e. The molecule has 1 amide bonds. The molecule has 1 aromatic heterocycles. The van der Waals surface area contributed by atoms with E-state index in [9.17, 15) is 14.9 Å². The Bertz CT molecular complexity index is 740. The van der Waals surface area contributed by atoms with E-state index >= 15 is 0 Å². The Morgan fingerprint density at radius 2 is 2.17 bits per heavy atom. The van der Waals surface area contributed by atoms with Gasteiger partial charge in [0.2, 0.25) is 0 Å². The van der Waals surface area contributed by atoms with Crippen LogP contribution in [0.2, 0.25) is 0 Å². The van der Waals surface area contributed by atoms with Gasteiger partial charge in [-0.25, -0.2) is 4.68 Å². The van der Waals surface area contributed by atoms with Gasteiger partial charge in [0.15, 0.2) is 0 Å². The van der Waals surface area contributed by atoms with Crippen molar-refractivity contribution in [2.45, 2.75) is 6.42 Å². The molecule has 0 bridgehead atoms. The zero-order chi connectivity index (χ0) is 17.1. The standard InChI is InChI=1S/C16H19N5O3/c1-17-8-12-6-7-19(10-12)16(22)13-9-18-20(11-13)14-2-4-15(5-3-14)21(23)24/h2-5,9,11-12,17H,6-8,10H2,1H3. The number of carbonyl (C=O) groups is 1. The molecule has 2 aromatic rings. The Kier molecular flexibility index (Phi) is 4.57. The molecule has 24 heavy (non-hydrogen) atoms. The van der Waals surface area contributed by atoms with Crippen LogP contribution in [0, 0.1) is 16.0 Å². The third-order valence-electron chi connectivity index (χ3n) is 4.22. The van der Waals surface area contributed by atoms with Gasteiger partial charge in [0.25, 0.3) is 11.6 Å². The van der Waals surface area contributed by atoms with Gasteiger partial charge in [-0.15, -0.1) is 0 Å². The van der Waals surface area contributed by atoms with E-state index in [1.807, 2.05) is 11.9 Å². The third-order valence-corrected chi connectivity index (χ3v) is 4.22. The molecule has 3 rings (SSSR count). The van der Waals surface area contributed by atoms with E-state index in [1.165, 1.54) is 18.3 Å². The molecule has 1 atom stereocenters. The number of likely N-dealkylation sites (tertiary alicyclic amines) is 1. The maximum atomic E-state index is 12.5. The van der Waals surface area contributed by atoms with Crippen molar-refractivity contribution in [1.29, 1.82) is 0 Å². The van der Waals surface area contributed by atoms with Crippen LogP contribution in [0.3, 0.4) is 0 Å². The van der Waals surface area contributed by atoms with Gasteiger partial charge in [0.05, 0.1) is 22.4 Å². The summed E-state index contributed by atoms with van der Waals surface area (Å²) in [5.41, 5.74) is 1.22. The van der Waals surface area contributed by atoms with E-state index in [2.05, 4.69) is 10.4 Å². The molecule has 0 radical (unpaired) electrons. The van der Waals surface area contributed by atoms with E-state index in [1.54, 1.807) is 23.0 Å². The Balaban J connectivity index is 1.71. The smallest absolute Gasteiger partial charge is 0.269 e. The van der Waals surface area contributed by atoms with E-state index in [0.717, 1.165) is 26.1 Å². The fraction of sp³-hybridized carbons (Fsp3) is 0.375. The largest absolute Gasteiger partial charge is 0.338 e. The Hall–Kier alpha value is -2.74. The number of nitrogens with zero attached hydrogens (tertiary/aromatic N) is 4. The van der Waals surface area contributed by atoms with Crippen molar-refractivity contribution < 1.29 is 9.72 Å². The van der Waals surface area contributed by atoms with Gasteiger partial charge in [-0.2, -0.15) is 5.10 Å². The average Bonchev–Trinajstić information content (AvgIpc) is 3.24. The van der Waals surface area contributed by atoms with Crippen molar-refractivity contribution in [2.75, 3.05) is 26.7 Å². The third kappa shape index (κ3) is 3.28. The molecule has 1 saturated heterocycles. The number of aromatic nitrogens is 2. The SMILES string of the molecule is CNCC1CCN(C(=O)c2cnn(-c3ccc([N+](=O)[O-])cc3)c2)C1. The van der Waals surface area contributed by atoms with Crippen LogP contribution in [-0.4, -0.2) is 52.2 Å². The van der Waals surface area contributed by atoms with Gasteiger partial charge in [0, 0.05) is 31.4 Å². The number of amides is 1. The van der Waals surface area contributed by atoms with Gasteiger partial charge in [-0.3, -0.25) is 14.9 Å². The molecule has 126 valence electrons. The van der Waals surface area contributed by atoms with Crippen molar-refractivity contribution in [3.8, 4) is 5.69 Å². The summed E-state index contributed by atoms with van der Waals surface area (Å²) >= 11 is 0. The second-order valence-electron chi connectivity index (χ2n) is 5.91. The first-order valence-electron chi connectivity index (χ1n) is 7.82. The van der Waals surface area contributed by atoms with Crippen LogP contribution in [0.25, 0.3) is 5.69 Å². The van der Waals surface area contributed by atoms with Gasteiger partial charge in [0.1, 0.15) is 0 Å². The topological polar surface area (TPSA) is 93.3 Å². The van der Waals surface area contributed by atoms with Crippen LogP contribution in [0.5, 0.6) is 0 Å². The molecule has 0 saturated carbocycles. The summed E-state index contributed by atoms with van der Waals surface area (Å²) in [6.45, 7) is 2.42. The van der Waals surface area contributed by atoms with Crippen LogP contribution < -0.4 is 5.32 Å². The number of nitrogens with one attached hydrogen (secondary N) is 1. The molecule has 8 heteroatoms. The number of hydrogen-bond acceptors (Lipinski definition) is 5. The molecule has 1 fully saturated rings. The number of rotatable bonds is 5. The number of nitro benzene ring substituents is 1. The number of hydrogen-bond donors (Lipinski definition) is 1. The lowest BCUT2D eigenvalue weighted by atomic mass is 10.1. The zero-order valence-electron chi connectivity index (χ0n) is 13.4. The Morgan fingerprint density at radius 3 is 2.83 bits per heavy atom. The molecular formula is C16H19N5O3. The normalized spacial score (nSPS) is 17.2. The number of carbonyl (C=O) groups excluding carboxylic acids is 1. The fourth-order valence-corrected chi connectivity index (χ4v) is 2.96. The van der Waals surface area contributed by atoms with Crippen molar-refractivity contribution in [3.63, 3.8) is 0 Å². The molecular weight excluding hydrogens is 310 g/mol. The highest BCUT2D eigenvalue weighted by atomic mass is 16.6. The maximum absolute atomic E-state index is 12.5. The van der Waals surface area contributed by atoms with E-state index in [4.69, 9.17) is 0 Å². The molecule has 8 nitrogen and oxygen atoms in total. The molecule has 1 N–H and O–H groups in total. The second-order valence-corrected chi connectivity index (χ2v) is 5.91. The monoisotopic (exact) mass is 329 g/mol. The molecule has 1 aliphatic heterocycles. The molecule has 0 aliphatic carbocycles. The minimum atomic E-state index is -0.448. The molecule has 0 spiro atoms. The highest BCUT2D eigenvalue weighted by Gasteiger charge is 2.27. The van der Waals surface area contributed by atoms with E-state index in [-0.39, 0.29) is 11.6 Å². The van der Waals surface area contributed by atoms with E-state index in [0.29, 0.717) is 17.2 Å². The van der Waals surface area contributed by atoms with Gasteiger partial charge < -0.3 is 10.2 Å². The van der Waals surface area contributed by atoms with Gasteiger partial charge >= 0.3 is 0 Å². The summed E-state index contributed by atoms with van der Waals surface area (Å²) in [7, 11) is 1.92. The fourth-order valence-electron chi connectivity index (χ4n) is 2.96. The Labute approximate surface area is 139 Å². The minimum absolute atomic E-state index is 0.0230. The highest BCUT2D eigenvalue weighted by molar-refractivity contribution is 5.94. The van der Waals surface area contributed by atoms with Gasteiger partial charge in [-0.1, -0.05) is 0 Å². The predicted octanol–water partition coefficient (Wildman–Crippen LogP) is 1.46. The zero-order valence-corrected chi connectivity index (χ0v) is 13.4. The summed E-state index contributed by atoms with van der Waals surface area (Å²) < 4.78 is 1.55. The molecule has 1 unspecified atom stereocenters. The number of benzene rings is 1. The minimum Gasteiger partial charge on any atom is -0.338 e. The lowest BCUT2D eigenvalue weighted by Gasteiger charge is -2.15. The lowest BCUT2D eigenvalue weighted by Crippen LogP contribution is -2.30. The van der Waals surface area contributed by atoms with Crippen molar-refractivity contribution in [2.24, 2.45) is 5.92 Å². The second kappa shape index (κ2) is 6.79. The van der Waals surface area contributed by atoms with Crippen molar-refractivity contribution in [1.82, 2.24) is 20.0 Å². The van der Waals surface area contributed by atoms with E-state index < -0.39 is 4.92 Å². The quantitative estimate of drug-likeness (QED) is 0.662. The summed E-state index contributed by atoms with van der Waals surface area (Å²) in [6.07, 6.45) is 4.20. The van der Waals surface area contributed by atoms with Crippen molar-refractivity contribution >= 4 is 11.6 Å². The summed E-state index contributed by atoms with van der Waals surface area (Å²) in [4.78, 5) is 24.6. The summed E-state index contributed by atoms with van der Waals surface area (Å²) in [5.74, 6) is 0.463. The lowest BCUT2D eigenvalue weighted by molar-refractivity contribution is -0.384. The average molecular weight is 329 g/mol. The summed E-state index contributed by atoms with van der Waals surface area (Å²) in [5, 5.41) is 18.0. The van der Waals surface area contributed by atoms with Crippen LogP contribution >= 0.6 is 0 Å². The molecule has 2 heterocycles. The van der Waals surface area contributed by atoms with Crippen LogP contribution in [0.15, 0.2) is 36.7 Å². The van der Waals surface area contributed by atoms with Crippen molar-refractivity contribution in [3.05, 3.63) is 52.3 Å². The molecule has 1 aliphatic rings. The number of non-ortho nitro benzene ring substituents is 1. The van der Waals surface area contributed by atoms with Crippen LogP contribution in [0.4, 0.5) is 5.69 Å². The number of nitro groups is 1. The Morgan fingerprint density at radius 1 is 1.42 bits per heavy atom. The first kappa shape index (κ1) is 16.1. The first-order chi connectivity index (χ1) is 11.6. The molecule has 1 aromatic carbocycles. The highest BCUT2D eigenvalue weighted by Crippen LogP contribution is 2.19. The predicted molar refractivity (Wildman–Crippen MR) is 88.2 cm³/mol. The van der Waals surface area contributed by atoms with Crippen LogP contribution in [0.1, 0.15) is 16.8 Å². The van der Waals surface area contributed by atoms with Crippen LogP contribution in [-0.2, 0) is 0 Å².